The van der Waals surface area contributed by atoms with Gasteiger partial charge in [-0.05, 0) is 51.4 Å². The summed E-state index contributed by atoms with van der Waals surface area (Å²) >= 11 is 3.48. The minimum Gasteiger partial charge on any atom is -0.494 e. The molecule has 0 radical (unpaired) electrons. The van der Waals surface area contributed by atoms with Crippen molar-refractivity contribution in [1.29, 1.82) is 0 Å². The number of aromatic nitrogens is 2. The van der Waals surface area contributed by atoms with E-state index in [-0.39, 0.29) is 5.91 Å². The summed E-state index contributed by atoms with van der Waals surface area (Å²) in [4.78, 5) is 25.3. The summed E-state index contributed by atoms with van der Waals surface area (Å²) in [6.45, 7) is 3.43. The van der Waals surface area contributed by atoms with Crippen LogP contribution < -0.4 is 25.6 Å². The number of nitrogens with zero attached hydrogens (tertiary/aromatic N) is 4. The SMILES string of the molecule is C/C=C/C(=O)Nc1cc(Nc2cc(Nc3cccc(Br)c3)ncn2)c(OC)cc1N(C)CCN(C)C. The van der Waals surface area contributed by atoms with Gasteiger partial charge in [0.25, 0.3) is 0 Å². The molecule has 0 fully saturated rings. The van der Waals surface area contributed by atoms with Crippen LogP contribution in [0.15, 0.2) is 65.4 Å². The van der Waals surface area contributed by atoms with Crippen LogP contribution in [0.4, 0.5) is 34.4 Å². The van der Waals surface area contributed by atoms with Crippen LogP contribution in [-0.4, -0.2) is 62.1 Å². The molecule has 0 unspecified atom stereocenters. The van der Waals surface area contributed by atoms with Gasteiger partial charge in [0.1, 0.15) is 23.7 Å². The monoisotopic (exact) mass is 553 g/mol. The minimum atomic E-state index is -0.210. The van der Waals surface area contributed by atoms with Crippen molar-refractivity contribution in [1.82, 2.24) is 14.9 Å². The van der Waals surface area contributed by atoms with Crippen molar-refractivity contribution < 1.29 is 9.53 Å². The number of allylic oxidation sites excluding steroid dienone is 1. The van der Waals surface area contributed by atoms with Crippen LogP contribution in [0.25, 0.3) is 0 Å². The number of halogens is 1. The molecule has 0 spiro atoms. The maximum atomic E-state index is 12.4. The molecule has 10 heteroatoms. The largest absolute Gasteiger partial charge is 0.494 e. The lowest BCUT2D eigenvalue weighted by molar-refractivity contribution is -0.111. The molecule has 1 aromatic heterocycles. The normalized spacial score (nSPS) is 11.0. The van der Waals surface area contributed by atoms with Gasteiger partial charge in [0, 0.05) is 42.4 Å². The Kier molecular flexibility index (Phi) is 9.66. The quantitative estimate of drug-likeness (QED) is 0.277. The Morgan fingerprint density at radius 2 is 1.78 bits per heavy atom. The lowest BCUT2D eigenvalue weighted by Crippen LogP contribution is -2.29. The number of methoxy groups -OCH3 is 1. The number of benzene rings is 2. The second-order valence-corrected chi connectivity index (χ2v) is 9.25. The molecule has 0 saturated heterocycles. The summed E-state index contributed by atoms with van der Waals surface area (Å²) in [6.07, 6.45) is 4.67. The van der Waals surface area contributed by atoms with Crippen LogP contribution >= 0.6 is 15.9 Å². The van der Waals surface area contributed by atoms with Crippen molar-refractivity contribution >= 4 is 56.2 Å². The van der Waals surface area contributed by atoms with Crippen molar-refractivity contribution in [3.63, 3.8) is 0 Å². The Bertz CT molecular complexity index is 1220. The van der Waals surface area contributed by atoms with Crippen LogP contribution in [0.1, 0.15) is 6.92 Å². The maximum Gasteiger partial charge on any atom is 0.248 e. The molecule has 190 valence electrons. The third kappa shape index (κ3) is 7.69. The number of hydrogen-bond acceptors (Lipinski definition) is 8. The van der Waals surface area contributed by atoms with Crippen LogP contribution in [0.3, 0.4) is 0 Å². The van der Waals surface area contributed by atoms with Gasteiger partial charge in [0.2, 0.25) is 5.91 Å². The van der Waals surface area contributed by atoms with Crippen LogP contribution in [0.2, 0.25) is 0 Å². The summed E-state index contributed by atoms with van der Waals surface area (Å²) in [5.74, 6) is 1.61. The van der Waals surface area contributed by atoms with Crippen LogP contribution in [-0.2, 0) is 4.79 Å². The van der Waals surface area contributed by atoms with E-state index in [1.807, 2.05) is 57.5 Å². The van der Waals surface area contributed by atoms with E-state index in [4.69, 9.17) is 4.74 Å². The van der Waals surface area contributed by atoms with Gasteiger partial charge in [-0.2, -0.15) is 0 Å². The molecule has 3 rings (SSSR count). The molecule has 0 atom stereocenters. The molecular weight excluding hydrogens is 522 g/mol. The molecule has 36 heavy (non-hydrogen) atoms. The van der Waals surface area contributed by atoms with Gasteiger partial charge in [0.15, 0.2) is 0 Å². The van der Waals surface area contributed by atoms with E-state index in [1.165, 1.54) is 12.4 Å². The molecule has 0 aliphatic rings. The molecule has 3 N–H and O–H groups in total. The highest BCUT2D eigenvalue weighted by molar-refractivity contribution is 9.10. The third-order valence-corrected chi connectivity index (χ3v) is 5.71. The Hall–Kier alpha value is -3.63. The minimum absolute atomic E-state index is 0.210. The Morgan fingerprint density at radius 3 is 2.44 bits per heavy atom. The predicted molar refractivity (Wildman–Crippen MR) is 151 cm³/mol. The number of hydrogen-bond donors (Lipinski definition) is 3. The fourth-order valence-electron chi connectivity index (χ4n) is 3.39. The summed E-state index contributed by atoms with van der Waals surface area (Å²) in [5.41, 5.74) is 3.05. The first-order valence-corrected chi connectivity index (χ1v) is 12.2. The number of carbonyl (C=O) groups is 1. The predicted octanol–water partition coefficient (Wildman–Crippen LogP) is 5.25. The van der Waals surface area contributed by atoms with Crippen LogP contribution in [0.5, 0.6) is 5.75 Å². The van der Waals surface area contributed by atoms with Gasteiger partial charge in [-0.25, -0.2) is 9.97 Å². The Balaban J connectivity index is 1.92. The molecule has 0 saturated carbocycles. The first-order valence-electron chi connectivity index (χ1n) is 11.4. The number of likely N-dealkylation sites (N-methyl/N-ethyl adjacent to an activating group) is 2. The summed E-state index contributed by atoms with van der Waals surface area (Å²) in [5, 5.41) is 9.55. The smallest absolute Gasteiger partial charge is 0.248 e. The topological polar surface area (TPSA) is 94.7 Å². The van der Waals surface area contributed by atoms with E-state index >= 15 is 0 Å². The van der Waals surface area contributed by atoms with E-state index in [0.29, 0.717) is 28.8 Å². The molecule has 2 aromatic carbocycles. The van der Waals surface area contributed by atoms with Crippen molar-refractivity contribution in [3.8, 4) is 5.75 Å². The summed E-state index contributed by atoms with van der Waals surface area (Å²) in [6, 6.07) is 13.4. The van der Waals surface area contributed by atoms with Gasteiger partial charge < -0.3 is 30.5 Å². The summed E-state index contributed by atoms with van der Waals surface area (Å²) < 4.78 is 6.66. The molecule has 0 aliphatic heterocycles. The Labute approximate surface area is 220 Å². The molecule has 1 heterocycles. The lowest BCUT2D eigenvalue weighted by atomic mass is 10.2. The lowest BCUT2D eigenvalue weighted by Gasteiger charge is -2.26. The fraction of sp³-hybridized carbons (Fsp3) is 0.269. The van der Waals surface area contributed by atoms with Crippen molar-refractivity contribution in [2.24, 2.45) is 0 Å². The zero-order valence-electron chi connectivity index (χ0n) is 21.2. The zero-order chi connectivity index (χ0) is 26.1. The molecule has 0 aliphatic carbocycles. The fourth-order valence-corrected chi connectivity index (χ4v) is 3.79. The molecule has 0 bridgehead atoms. The molecular formula is C26H32BrN7O2. The van der Waals surface area contributed by atoms with Gasteiger partial charge in [-0.3, -0.25) is 4.79 Å². The van der Waals surface area contributed by atoms with Gasteiger partial charge in [0.05, 0.1) is 24.2 Å². The van der Waals surface area contributed by atoms with E-state index in [2.05, 4.69) is 51.6 Å². The third-order valence-electron chi connectivity index (χ3n) is 5.21. The Morgan fingerprint density at radius 1 is 1.03 bits per heavy atom. The number of amides is 1. The second kappa shape index (κ2) is 12.9. The van der Waals surface area contributed by atoms with Crippen molar-refractivity contribution in [2.75, 3.05) is 62.2 Å². The van der Waals surface area contributed by atoms with Gasteiger partial charge >= 0.3 is 0 Å². The van der Waals surface area contributed by atoms with Crippen LogP contribution in [0, 0.1) is 0 Å². The van der Waals surface area contributed by atoms with Crippen molar-refractivity contribution in [2.45, 2.75) is 6.92 Å². The van der Waals surface area contributed by atoms with Crippen molar-refractivity contribution in [3.05, 3.63) is 65.4 Å². The average molecular weight is 554 g/mol. The van der Waals surface area contributed by atoms with Gasteiger partial charge in [-0.15, -0.1) is 0 Å². The number of rotatable bonds is 11. The highest BCUT2D eigenvalue weighted by atomic mass is 79.9. The zero-order valence-corrected chi connectivity index (χ0v) is 22.8. The average Bonchev–Trinajstić information content (AvgIpc) is 2.83. The summed E-state index contributed by atoms with van der Waals surface area (Å²) in [7, 11) is 7.65. The first-order chi connectivity index (χ1) is 17.3. The highest BCUT2D eigenvalue weighted by Gasteiger charge is 2.16. The van der Waals surface area contributed by atoms with Gasteiger partial charge in [-0.1, -0.05) is 28.1 Å². The number of nitrogens with one attached hydrogen (secondary N) is 3. The van der Waals surface area contributed by atoms with E-state index in [1.54, 1.807) is 26.2 Å². The molecule has 9 nitrogen and oxygen atoms in total. The second-order valence-electron chi connectivity index (χ2n) is 8.33. The van der Waals surface area contributed by atoms with E-state index in [9.17, 15) is 4.79 Å². The maximum absolute atomic E-state index is 12.4. The highest BCUT2D eigenvalue weighted by Crippen LogP contribution is 2.38. The first kappa shape index (κ1) is 27.0. The molecule has 1 amide bonds. The number of carbonyl (C=O) groups excluding carboxylic acids is 1. The standard InChI is InChI=1S/C26H32BrN7O2/c1-6-8-26(35)32-20-14-21(23(36-5)15-22(20)34(4)12-11-33(2)3)31-25-16-24(28-17-29-25)30-19-10-7-9-18(27)13-19/h6-10,13-17H,11-12H2,1-5H3,(H,32,35)(H2,28,29,30,31)/b8-6+. The number of anilines is 6. The van der Waals surface area contributed by atoms with E-state index in [0.717, 1.165) is 28.9 Å². The van der Waals surface area contributed by atoms with E-state index < -0.39 is 0 Å². The number of ether oxygens (including phenoxy) is 1. The molecule has 3 aromatic rings.